The summed E-state index contributed by atoms with van der Waals surface area (Å²) in [6, 6.07) is 14.7. The molecule has 0 aromatic heterocycles. The molecule has 1 aliphatic rings. The summed E-state index contributed by atoms with van der Waals surface area (Å²) in [6.45, 7) is 2.04. The van der Waals surface area contributed by atoms with Crippen LogP contribution < -0.4 is 5.32 Å². The molecule has 1 aliphatic heterocycles. The van der Waals surface area contributed by atoms with E-state index in [4.69, 9.17) is 0 Å². The first-order chi connectivity index (χ1) is 11.1. The monoisotopic (exact) mass is 310 g/mol. The predicted molar refractivity (Wildman–Crippen MR) is 85.8 cm³/mol. The summed E-state index contributed by atoms with van der Waals surface area (Å²) >= 11 is 0. The van der Waals surface area contributed by atoms with E-state index in [1.807, 2.05) is 18.2 Å². The van der Waals surface area contributed by atoms with Crippen molar-refractivity contribution in [2.24, 2.45) is 0 Å². The van der Waals surface area contributed by atoms with Crippen LogP contribution in [0.25, 0.3) is 5.57 Å². The number of anilines is 1. The number of hydrogen-bond acceptors (Lipinski definition) is 3. The molecule has 0 saturated carbocycles. The number of likely N-dealkylation sites (N-methyl/N-ethyl adjacent to an activating group) is 1. The summed E-state index contributed by atoms with van der Waals surface area (Å²) in [7, 11) is 0. The standard InChI is InChI=1S/C18H15FN2O2/c1-2-21-17(22)15(12-6-4-3-5-7-12)16(18(21)23)20-14-10-8-13(19)9-11-14/h3-11,20H,2H2,1H3. The van der Waals surface area contributed by atoms with Gasteiger partial charge in [-0.15, -0.1) is 0 Å². The maximum atomic E-state index is 13.0. The van der Waals surface area contributed by atoms with Crippen molar-refractivity contribution in [3.8, 4) is 0 Å². The minimum Gasteiger partial charge on any atom is -0.350 e. The molecule has 1 heterocycles. The number of nitrogens with one attached hydrogen (secondary N) is 1. The zero-order valence-electron chi connectivity index (χ0n) is 12.5. The van der Waals surface area contributed by atoms with Gasteiger partial charge in [0.1, 0.15) is 11.5 Å². The van der Waals surface area contributed by atoms with E-state index in [9.17, 15) is 14.0 Å². The van der Waals surface area contributed by atoms with Crippen LogP contribution in [0.2, 0.25) is 0 Å². The van der Waals surface area contributed by atoms with Gasteiger partial charge in [0.25, 0.3) is 11.8 Å². The number of halogens is 1. The Morgan fingerprint density at radius 2 is 1.61 bits per heavy atom. The molecule has 1 N–H and O–H groups in total. The highest BCUT2D eigenvalue weighted by molar-refractivity contribution is 6.36. The molecule has 0 unspecified atom stereocenters. The third kappa shape index (κ3) is 2.73. The first kappa shape index (κ1) is 15.0. The fraction of sp³-hybridized carbons (Fsp3) is 0.111. The molecule has 4 nitrogen and oxygen atoms in total. The highest BCUT2D eigenvalue weighted by atomic mass is 19.1. The van der Waals surface area contributed by atoms with Gasteiger partial charge in [0.15, 0.2) is 0 Å². The minimum atomic E-state index is -0.374. The fourth-order valence-electron chi connectivity index (χ4n) is 2.53. The van der Waals surface area contributed by atoms with Gasteiger partial charge in [0, 0.05) is 12.2 Å². The van der Waals surface area contributed by atoms with Gasteiger partial charge in [-0.2, -0.15) is 0 Å². The zero-order chi connectivity index (χ0) is 16.4. The molecule has 0 aliphatic carbocycles. The van der Waals surface area contributed by atoms with Crippen LogP contribution >= 0.6 is 0 Å². The van der Waals surface area contributed by atoms with E-state index < -0.39 is 0 Å². The predicted octanol–water partition coefficient (Wildman–Crippen LogP) is 3.04. The summed E-state index contributed by atoms with van der Waals surface area (Å²) in [5, 5.41) is 2.96. The van der Waals surface area contributed by atoms with Crippen molar-refractivity contribution in [2.45, 2.75) is 6.92 Å². The molecule has 0 saturated heterocycles. The summed E-state index contributed by atoms with van der Waals surface area (Å²) in [5.74, 6) is -1.06. The molecule has 5 heteroatoms. The first-order valence-electron chi connectivity index (χ1n) is 7.30. The molecule has 23 heavy (non-hydrogen) atoms. The van der Waals surface area contributed by atoms with Crippen LogP contribution in [0, 0.1) is 5.82 Å². The van der Waals surface area contributed by atoms with Crippen LogP contribution in [0.4, 0.5) is 10.1 Å². The Morgan fingerprint density at radius 1 is 0.957 bits per heavy atom. The Labute approximate surface area is 133 Å². The third-order valence-electron chi connectivity index (χ3n) is 3.66. The van der Waals surface area contributed by atoms with Crippen molar-refractivity contribution in [2.75, 3.05) is 11.9 Å². The van der Waals surface area contributed by atoms with Gasteiger partial charge in [-0.05, 0) is 36.8 Å². The lowest BCUT2D eigenvalue weighted by Crippen LogP contribution is -2.32. The lowest BCUT2D eigenvalue weighted by atomic mass is 10.0. The summed E-state index contributed by atoms with van der Waals surface area (Å²) < 4.78 is 13.0. The van der Waals surface area contributed by atoms with E-state index in [0.717, 1.165) is 0 Å². The minimum absolute atomic E-state index is 0.217. The Balaban J connectivity index is 2.06. The van der Waals surface area contributed by atoms with Crippen LogP contribution in [0.1, 0.15) is 12.5 Å². The number of amides is 2. The van der Waals surface area contributed by atoms with Gasteiger partial charge in [0.05, 0.1) is 5.57 Å². The topological polar surface area (TPSA) is 49.4 Å². The van der Waals surface area contributed by atoms with Crippen LogP contribution in [0.15, 0.2) is 60.3 Å². The Kier molecular flexibility index (Phi) is 3.93. The first-order valence-corrected chi connectivity index (χ1v) is 7.30. The molecule has 2 aromatic rings. The van der Waals surface area contributed by atoms with Crippen molar-refractivity contribution >= 4 is 23.1 Å². The second-order valence-corrected chi connectivity index (χ2v) is 5.10. The number of carbonyl (C=O) groups is 2. The largest absolute Gasteiger partial charge is 0.350 e. The van der Waals surface area contributed by atoms with Gasteiger partial charge >= 0.3 is 0 Å². The highest BCUT2D eigenvalue weighted by Gasteiger charge is 2.38. The number of benzene rings is 2. The lowest BCUT2D eigenvalue weighted by molar-refractivity contribution is -0.136. The number of hydrogen-bond donors (Lipinski definition) is 1. The average Bonchev–Trinajstić information content (AvgIpc) is 2.80. The van der Waals surface area contributed by atoms with Gasteiger partial charge in [-0.25, -0.2) is 4.39 Å². The van der Waals surface area contributed by atoms with E-state index >= 15 is 0 Å². The molecule has 0 radical (unpaired) electrons. The second-order valence-electron chi connectivity index (χ2n) is 5.10. The van der Waals surface area contributed by atoms with E-state index in [1.54, 1.807) is 19.1 Å². The lowest BCUT2D eigenvalue weighted by Gasteiger charge is -2.12. The van der Waals surface area contributed by atoms with Crippen LogP contribution in [0.5, 0.6) is 0 Å². The van der Waals surface area contributed by atoms with E-state index in [2.05, 4.69) is 5.32 Å². The molecule has 116 valence electrons. The Bertz CT molecular complexity index is 782. The highest BCUT2D eigenvalue weighted by Crippen LogP contribution is 2.30. The number of imide groups is 1. The van der Waals surface area contributed by atoms with Crippen molar-refractivity contribution in [3.63, 3.8) is 0 Å². The van der Waals surface area contributed by atoms with Crippen LogP contribution in [-0.2, 0) is 9.59 Å². The molecule has 0 fully saturated rings. The molecule has 0 spiro atoms. The normalized spacial score (nSPS) is 14.6. The van der Waals surface area contributed by atoms with Crippen LogP contribution in [0.3, 0.4) is 0 Å². The molecular weight excluding hydrogens is 295 g/mol. The summed E-state index contributed by atoms with van der Waals surface area (Å²) in [6.07, 6.45) is 0. The second kappa shape index (κ2) is 6.04. The van der Waals surface area contributed by atoms with Crippen molar-refractivity contribution in [1.82, 2.24) is 4.90 Å². The Morgan fingerprint density at radius 3 is 2.22 bits per heavy atom. The maximum absolute atomic E-state index is 13.0. The number of nitrogens with zero attached hydrogens (tertiary/aromatic N) is 1. The molecule has 0 bridgehead atoms. The van der Waals surface area contributed by atoms with E-state index in [0.29, 0.717) is 23.4 Å². The molecular formula is C18H15FN2O2. The molecule has 2 amide bonds. The van der Waals surface area contributed by atoms with Gasteiger partial charge in [-0.1, -0.05) is 30.3 Å². The summed E-state index contributed by atoms with van der Waals surface area (Å²) in [4.78, 5) is 26.3. The zero-order valence-corrected chi connectivity index (χ0v) is 12.5. The smallest absolute Gasteiger partial charge is 0.278 e. The fourth-order valence-corrected chi connectivity index (χ4v) is 2.53. The van der Waals surface area contributed by atoms with E-state index in [1.165, 1.54) is 29.2 Å². The van der Waals surface area contributed by atoms with Crippen molar-refractivity contribution < 1.29 is 14.0 Å². The van der Waals surface area contributed by atoms with E-state index in [-0.39, 0.29) is 23.3 Å². The van der Waals surface area contributed by atoms with Gasteiger partial charge in [-0.3, -0.25) is 14.5 Å². The molecule has 2 aromatic carbocycles. The van der Waals surface area contributed by atoms with Crippen LogP contribution in [-0.4, -0.2) is 23.3 Å². The maximum Gasteiger partial charge on any atom is 0.278 e. The van der Waals surface area contributed by atoms with Crippen molar-refractivity contribution in [1.29, 1.82) is 0 Å². The SMILES string of the molecule is CCN1C(=O)C(Nc2ccc(F)cc2)=C(c2ccccc2)C1=O. The number of carbonyl (C=O) groups excluding carboxylic acids is 2. The number of rotatable bonds is 4. The third-order valence-corrected chi connectivity index (χ3v) is 3.66. The average molecular weight is 310 g/mol. The Hall–Kier alpha value is -2.95. The van der Waals surface area contributed by atoms with Gasteiger partial charge < -0.3 is 5.32 Å². The summed E-state index contributed by atoms with van der Waals surface area (Å²) in [5.41, 5.74) is 1.77. The van der Waals surface area contributed by atoms with Gasteiger partial charge in [0.2, 0.25) is 0 Å². The molecule has 3 rings (SSSR count). The molecule has 0 atom stereocenters. The van der Waals surface area contributed by atoms with Crippen molar-refractivity contribution in [3.05, 3.63) is 71.7 Å². The quantitative estimate of drug-likeness (QED) is 0.883.